The van der Waals surface area contributed by atoms with E-state index in [-0.39, 0.29) is 0 Å². The van der Waals surface area contributed by atoms with Crippen molar-refractivity contribution in [2.75, 3.05) is 0 Å². The summed E-state index contributed by atoms with van der Waals surface area (Å²) in [6, 6.07) is 0. The van der Waals surface area contributed by atoms with Crippen LogP contribution in [0.25, 0.3) is 0 Å². The maximum atomic E-state index is 5.54. The fraction of sp³-hybridized carbons (Fsp3) is 0.882. The van der Waals surface area contributed by atoms with Gasteiger partial charge in [0.05, 0.1) is 0 Å². The molecule has 0 fully saturated rings. The van der Waals surface area contributed by atoms with E-state index in [1.165, 1.54) is 70.6 Å². The summed E-state index contributed by atoms with van der Waals surface area (Å²) in [6.45, 7) is 8.41. The molecule has 108 valence electrons. The summed E-state index contributed by atoms with van der Waals surface area (Å²) in [4.78, 5) is 0. The summed E-state index contributed by atoms with van der Waals surface area (Å²) in [5.41, 5.74) is 6.38. The van der Waals surface area contributed by atoms with Crippen LogP contribution in [-0.2, 0) is 0 Å². The summed E-state index contributed by atoms with van der Waals surface area (Å²) in [5, 5.41) is 0. The second-order valence-corrected chi connectivity index (χ2v) is 5.92. The maximum absolute atomic E-state index is 5.54. The summed E-state index contributed by atoms with van der Waals surface area (Å²) < 4.78 is 0. The highest BCUT2D eigenvalue weighted by Crippen LogP contribution is 2.16. The molecule has 0 aliphatic carbocycles. The Kier molecular flexibility index (Phi) is 12.7. The molecule has 1 nitrogen and oxygen atoms in total. The van der Waals surface area contributed by atoms with E-state index in [0.717, 1.165) is 18.0 Å². The molecule has 0 heterocycles. The van der Waals surface area contributed by atoms with Gasteiger partial charge in [0.25, 0.3) is 0 Å². The molecule has 0 aromatic heterocycles. The highest BCUT2D eigenvalue weighted by molar-refractivity contribution is 4.84. The molecule has 1 unspecified atom stereocenters. The molecule has 1 atom stereocenters. The van der Waals surface area contributed by atoms with Gasteiger partial charge in [0.2, 0.25) is 0 Å². The molecule has 0 spiro atoms. The quantitative estimate of drug-likeness (QED) is 0.413. The minimum absolute atomic E-state index is 0.844. The van der Waals surface area contributed by atoms with Crippen molar-refractivity contribution < 1.29 is 0 Å². The molecule has 0 aliphatic rings. The number of hydrogen-bond acceptors (Lipinski definition) is 1. The van der Waals surface area contributed by atoms with Gasteiger partial charge >= 0.3 is 0 Å². The summed E-state index contributed by atoms with van der Waals surface area (Å²) in [6.07, 6.45) is 16.3. The zero-order valence-electron chi connectivity index (χ0n) is 12.8. The zero-order chi connectivity index (χ0) is 13.6. The van der Waals surface area contributed by atoms with E-state index in [1.54, 1.807) is 0 Å². The monoisotopic (exact) mass is 253 g/mol. The van der Waals surface area contributed by atoms with Crippen LogP contribution in [0.4, 0.5) is 0 Å². The lowest BCUT2D eigenvalue weighted by molar-refractivity contribution is 0.450. The number of allylic oxidation sites excluding steroid dienone is 1. The predicted molar refractivity (Wildman–Crippen MR) is 83.6 cm³/mol. The second kappa shape index (κ2) is 13.0. The van der Waals surface area contributed by atoms with Crippen molar-refractivity contribution in [1.29, 1.82) is 0 Å². The van der Waals surface area contributed by atoms with Crippen LogP contribution in [0.5, 0.6) is 0 Å². The third kappa shape index (κ3) is 13.6. The smallest absolute Gasteiger partial charge is 0.000744 e. The lowest BCUT2D eigenvalue weighted by atomic mass is 9.98. The molecule has 2 N–H and O–H groups in total. The topological polar surface area (TPSA) is 26.0 Å². The van der Waals surface area contributed by atoms with Crippen molar-refractivity contribution in [1.82, 2.24) is 0 Å². The van der Waals surface area contributed by atoms with E-state index >= 15 is 0 Å². The van der Waals surface area contributed by atoms with E-state index in [0.29, 0.717) is 0 Å². The molecule has 0 aromatic carbocycles. The van der Waals surface area contributed by atoms with Crippen molar-refractivity contribution in [3.05, 3.63) is 12.3 Å². The highest BCUT2D eigenvalue weighted by atomic mass is 14.5. The third-order valence-electron chi connectivity index (χ3n) is 3.73. The van der Waals surface area contributed by atoms with Crippen LogP contribution in [0.3, 0.4) is 0 Å². The Morgan fingerprint density at radius 3 is 1.89 bits per heavy atom. The van der Waals surface area contributed by atoms with E-state index in [9.17, 15) is 0 Å². The van der Waals surface area contributed by atoms with Crippen molar-refractivity contribution >= 4 is 0 Å². The minimum Gasteiger partial charge on any atom is -0.403 e. The average molecular weight is 253 g/mol. The molecular weight excluding hydrogens is 218 g/mol. The molecular formula is C17H35N. The number of nitrogens with two attached hydrogens (primary N) is 1. The fourth-order valence-corrected chi connectivity index (χ4v) is 2.54. The molecule has 0 aromatic rings. The summed E-state index contributed by atoms with van der Waals surface area (Å²) >= 11 is 0. The molecule has 0 saturated carbocycles. The van der Waals surface area contributed by atoms with Crippen LogP contribution in [0.15, 0.2) is 12.3 Å². The lowest BCUT2D eigenvalue weighted by Gasteiger charge is -2.09. The third-order valence-corrected chi connectivity index (χ3v) is 3.73. The van der Waals surface area contributed by atoms with Crippen molar-refractivity contribution in [3.63, 3.8) is 0 Å². The summed E-state index contributed by atoms with van der Waals surface area (Å²) in [5.74, 6) is 0.944. The minimum atomic E-state index is 0.844. The molecule has 0 rings (SSSR count). The van der Waals surface area contributed by atoms with Gasteiger partial charge in [-0.05, 0) is 18.8 Å². The average Bonchev–Trinajstić information content (AvgIpc) is 2.31. The van der Waals surface area contributed by atoms with Crippen molar-refractivity contribution in [3.8, 4) is 0 Å². The molecule has 0 saturated heterocycles. The second-order valence-electron chi connectivity index (χ2n) is 5.92. The van der Waals surface area contributed by atoms with E-state index in [2.05, 4.69) is 20.4 Å². The Morgan fingerprint density at radius 2 is 1.39 bits per heavy atom. The van der Waals surface area contributed by atoms with Gasteiger partial charge in [0.15, 0.2) is 0 Å². The van der Waals surface area contributed by atoms with Crippen LogP contribution in [0, 0.1) is 5.92 Å². The van der Waals surface area contributed by atoms with Crippen molar-refractivity contribution in [2.24, 2.45) is 11.7 Å². The number of unbranched alkanes of at least 4 members (excludes halogenated alkanes) is 7. The summed E-state index contributed by atoms with van der Waals surface area (Å²) in [7, 11) is 0. The van der Waals surface area contributed by atoms with Gasteiger partial charge in [-0.3, -0.25) is 0 Å². The lowest BCUT2D eigenvalue weighted by Crippen LogP contribution is -1.94. The van der Waals surface area contributed by atoms with E-state index < -0.39 is 0 Å². The van der Waals surface area contributed by atoms with Crippen LogP contribution < -0.4 is 5.73 Å². The standard InChI is InChI=1S/C17H35N/c1-4-13-16(2)14-11-9-7-5-6-8-10-12-15-17(3)18/h16H,3-15,18H2,1-2H3. The molecule has 0 amide bonds. The largest absolute Gasteiger partial charge is 0.403 e. The maximum Gasteiger partial charge on any atom is 0.000744 e. The van der Waals surface area contributed by atoms with Crippen LogP contribution in [-0.4, -0.2) is 0 Å². The highest BCUT2D eigenvalue weighted by Gasteiger charge is 1.99. The van der Waals surface area contributed by atoms with Gasteiger partial charge < -0.3 is 5.73 Å². The molecule has 0 radical (unpaired) electrons. The molecule has 1 heteroatoms. The van der Waals surface area contributed by atoms with Gasteiger partial charge in [-0.25, -0.2) is 0 Å². The first kappa shape index (κ1) is 17.5. The van der Waals surface area contributed by atoms with Gasteiger partial charge in [0.1, 0.15) is 0 Å². The molecule has 0 bridgehead atoms. The normalized spacial score (nSPS) is 12.6. The first-order chi connectivity index (χ1) is 8.66. The number of rotatable bonds is 13. The van der Waals surface area contributed by atoms with Crippen LogP contribution in [0.1, 0.15) is 90.9 Å². The zero-order valence-corrected chi connectivity index (χ0v) is 12.8. The SMILES string of the molecule is C=C(N)CCCCCCCCCCC(C)CCC. The number of hydrogen-bond donors (Lipinski definition) is 1. The Labute approximate surface area is 115 Å². The Hall–Kier alpha value is -0.460. The van der Waals surface area contributed by atoms with Crippen molar-refractivity contribution in [2.45, 2.75) is 90.9 Å². The molecule has 0 aliphatic heterocycles. The van der Waals surface area contributed by atoms with Crippen LogP contribution in [0.2, 0.25) is 0 Å². The Balaban J connectivity index is 3.05. The Morgan fingerprint density at radius 1 is 0.889 bits per heavy atom. The van der Waals surface area contributed by atoms with Gasteiger partial charge in [-0.15, -0.1) is 0 Å². The fourth-order valence-electron chi connectivity index (χ4n) is 2.54. The first-order valence-corrected chi connectivity index (χ1v) is 8.10. The van der Waals surface area contributed by atoms with E-state index in [1.807, 2.05) is 0 Å². The van der Waals surface area contributed by atoms with Gasteiger partial charge in [0, 0.05) is 5.70 Å². The first-order valence-electron chi connectivity index (χ1n) is 8.10. The predicted octanol–water partition coefficient (Wildman–Crippen LogP) is 5.80. The van der Waals surface area contributed by atoms with Gasteiger partial charge in [-0.2, -0.15) is 0 Å². The van der Waals surface area contributed by atoms with E-state index in [4.69, 9.17) is 5.73 Å². The van der Waals surface area contributed by atoms with Gasteiger partial charge in [-0.1, -0.05) is 84.6 Å². The molecule has 18 heavy (non-hydrogen) atoms. The Bertz CT molecular complexity index is 186. The van der Waals surface area contributed by atoms with Crippen LogP contribution >= 0.6 is 0 Å².